The van der Waals surface area contributed by atoms with Gasteiger partial charge in [0.2, 0.25) is 0 Å². The summed E-state index contributed by atoms with van der Waals surface area (Å²) in [5, 5.41) is 4.95. The van der Waals surface area contributed by atoms with E-state index >= 15 is 0 Å². The molecule has 1 aliphatic carbocycles. The van der Waals surface area contributed by atoms with Crippen molar-refractivity contribution in [3.63, 3.8) is 0 Å². The van der Waals surface area contributed by atoms with Crippen LogP contribution >= 0.6 is 11.6 Å². The second kappa shape index (κ2) is 5.89. The Balaban J connectivity index is 2.06. The van der Waals surface area contributed by atoms with Crippen molar-refractivity contribution in [3.05, 3.63) is 40.7 Å². The molecule has 0 unspecified atom stereocenters. The summed E-state index contributed by atoms with van der Waals surface area (Å²) >= 11 is 6.22. The van der Waals surface area contributed by atoms with E-state index in [2.05, 4.69) is 12.0 Å². The number of hydrogen-bond acceptors (Lipinski definition) is 4. The van der Waals surface area contributed by atoms with Crippen LogP contribution in [0.3, 0.4) is 0 Å². The van der Waals surface area contributed by atoms with Gasteiger partial charge in [-0.15, -0.1) is 0 Å². The minimum atomic E-state index is -0.406. The lowest BCUT2D eigenvalue weighted by molar-refractivity contribution is 0.0519. The second-order valence-electron chi connectivity index (χ2n) is 5.93. The monoisotopic (exact) mass is 334 g/mol. The number of aromatic nitrogens is 2. The van der Waals surface area contributed by atoms with E-state index in [1.54, 1.807) is 30.8 Å². The van der Waals surface area contributed by atoms with Crippen LogP contribution in [-0.4, -0.2) is 29.5 Å². The third kappa shape index (κ3) is 2.93. The molecule has 1 fully saturated rings. The molecule has 0 atom stereocenters. The lowest BCUT2D eigenvalue weighted by atomic mass is 10.0. The van der Waals surface area contributed by atoms with E-state index in [-0.39, 0.29) is 5.41 Å². The summed E-state index contributed by atoms with van der Waals surface area (Å²) in [4.78, 5) is 12.0. The molecule has 1 saturated carbocycles. The number of methoxy groups -OCH3 is 1. The van der Waals surface area contributed by atoms with E-state index in [9.17, 15) is 4.79 Å². The highest BCUT2D eigenvalue weighted by atomic mass is 35.5. The first kappa shape index (κ1) is 15.9. The van der Waals surface area contributed by atoms with Crippen molar-refractivity contribution in [1.29, 1.82) is 0 Å². The Morgan fingerprint density at radius 3 is 2.70 bits per heavy atom. The highest BCUT2D eigenvalue weighted by Gasteiger charge is 2.43. The normalized spacial score (nSPS) is 15.3. The largest absolute Gasteiger partial charge is 0.495 e. The molecule has 1 heterocycles. The molecule has 0 aliphatic heterocycles. The van der Waals surface area contributed by atoms with Crippen LogP contribution in [0.5, 0.6) is 5.75 Å². The van der Waals surface area contributed by atoms with Crippen molar-refractivity contribution >= 4 is 17.6 Å². The Morgan fingerprint density at radius 2 is 2.13 bits per heavy atom. The zero-order valence-electron chi connectivity index (χ0n) is 13.4. The number of nitrogens with zero attached hydrogens (tertiary/aromatic N) is 2. The van der Waals surface area contributed by atoms with Crippen LogP contribution in [0.25, 0.3) is 5.69 Å². The van der Waals surface area contributed by atoms with Gasteiger partial charge in [-0.05, 0) is 44.0 Å². The molecular formula is C17H19ClN2O3. The van der Waals surface area contributed by atoms with Crippen LogP contribution in [-0.2, 0) is 10.2 Å². The number of esters is 1. The first-order chi connectivity index (χ1) is 11.0. The van der Waals surface area contributed by atoms with Gasteiger partial charge in [0, 0.05) is 5.41 Å². The molecule has 0 spiro atoms. The quantitative estimate of drug-likeness (QED) is 0.781. The van der Waals surface area contributed by atoms with Crippen LogP contribution in [0, 0.1) is 0 Å². The second-order valence-corrected chi connectivity index (χ2v) is 6.33. The molecule has 0 radical (unpaired) electrons. The smallest absolute Gasteiger partial charge is 0.358 e. The molecule has 6 heteroatoms. The number of benzene rings is 1. The molecule has 122 valence electrons. The van der Waals surface area contributed by atoms with E-state index < -0.39 is 5.97 Å². The molecule has 1 aliphatic rings. The molecule has 1 aromatic carbocycles. The fourth-order valence-electron chi connectivity index (χ4n) is 2.54. The highest BCUT2D eigenvalue weighted by molar-refractivity contribution is 6.32. The maximum absolute atomic E-state index is 12.0. The first-order valence-corrected chi connectivity index (χ1v) is 7.98. The number of rotatable bonds is 5. The van der Waals surface area contributed by atoms with E-state index in [1.807, 2.05) is 12.1 Å². The summed E-state index contributed by atoms with van der Waals surface area (Å²) < 4.78 is 12.0. The summed E-state index contributed by atoms with van der Waals surface area (Å²) in [6, 6.07) is 7.28. The van der Waals surface area contributed by atoms with Gasteiger partial charge in [0.15, 0.2) is 5.69 Å². The number of hydrogen-bond donors (Lipinski definition) is 0. The summed E-state index contributed by atoms with van der Waals surface area (Å²) in [7, 11) is 1.57. The number of ether oxygens (including phenoxy) is 2. The van der Waals surface area contributed by atoms with Crippen LogP contribution in [0.15, 0.2) is 24.3 Å². The third-order valence-electron chi connectivity index (χ3n) is 4.19. The van der Waals surface area contributed by atoms with Crippen LogP contribution < -0.4 is 4.74 Å². The highest BCUT2D eigenvalue weighted by Crippen LogP contribution is 2.48. The topological polar surface area (TPSA) is 53.4 Å². The summed E-state index contributed by atoms with van der Waals surface area (Å²) in [5.74, 6) is 0.198. The molecule has 1 aromatic heterocycles. The summed E-state index contributed by atoms with van der Waals surface area (Å²) in [6.07, 6.45) is 2.15. The van der Waals surface area contributed by atoms with Crippen LogP contribution in [0.2, 0.25) is 5.02 Å². The predicted octanol–water partition coefficient (Wildman–Crippen LogP) is 3.76. The maximum Gasteiger partial charge on any atom is 0.358 e. The molecule has 3 rings (SSSR count). The van der Waals surface area contributed by atoms with Crippen molar-refractivity contribution in [3.8, 4) is 11.4 Å². The average Bonchev–Trinajstić information content (AvgIpc) is 3.12. The molecular weight excluding hydrogens is 316 g/mol. The lowest BCUT2D eigenvalue weighted by Crippen LogP contribution is -2.10. The predicted molar refractivity (Wildman–Crippen MR) is 87.7 cm³/mol. The van der Waals surface area contributed by atoms with Gasteiger partial charge >= 0.3 is 5.97 Å². The van der Waals surface area contributed by atoms with Crippen molar-refractivity contribution in [2.75, 3.05) is 13.7 Å². The van der Waals surface area contributed by atoms with Gasteiger partial charge in [0.05, 0.1) is 30.1 Å². The van der Waals surface area contributed by atoms with Gasteiger partial charge in [-0.25, -0.2) is 9.48 Å². The molecule has 2 aromatic rings. The maximum atomic E-state index is 12.0. The van der Waals surface area contributed by atoms with Crippen molar-refractivity contribution in [2.24, 2.45) is 0 Å². The zero-order chi connectivity index (χ0) is 16.6. The Hall–Kier alpha value is -2.01. The van der Waals surface area contributed by atoms with Crippen molar-refractivity contribution in [1.82, 2.24) is 9.78 Å². The van der Waals surface area contributed by atoms with Gasteiger partial charge < -0.3 is 9.47 Å². The first-order valence-electron chi connectivity index (χ1n) is 7.60. The molecule has 23 heavy (non-hydrogen) atoms. The van der Waals surface area contributed by atoms with E-state index in [0.29, 0.717) is 23.1 Å². The number of carbonyl (C=O) groups is 1. The van der Waals surface area contributed by atoms with Gasteiger partial charge in [0.1, 0.15) is 5.75 Å². The summed E-state index contributed by atoms with van der Waals surface area (Å²) in [5.41, 5.74) is 2.17. The standard InChI is InChI=1S/C17H19ClN2O3/c1-4-23-16(21)13-10-15(17(2)7-8-17)20(19-13)11-5-6-14(22-3)12(18)9-11/h5-6,9-10H,4,7-8H2,1-3H3. The molecule has 5 nitrogen and oxygen atoms in total. The average molecular weight is 335 g/mol. The Morgan fingerprint density at radius 1 is 1.39 bits per heavy atom. The molecule has 0 N–H and O–H groups in total. The minimum absolute atomic E-state index is 0.0458. The molecule has 0 bridgehead atoms. The van der Waals surface area contributed by atoms with Crippen molar-refractivity contribution < 1.29 is 14.3 Å². The van der Waals surface area contributed by atoms with Crippen LogP contribution in [0.1, 0.15) is 42.9 Å². The van der Waals surface area contributed by atoms with Crippen molar-refractivity contribution in [2.45, 2.75) is 32.1 Å². The number of carbonyl (C=O) groups excluding carboxylic acids is 1. The van der Waals surface area contributed by atoms with Crippen LogP contribution in [0.4, 0.5) is 0 Å². The van der Waals surface area contributed by atoms with Gasteiger partial charge in [-0.3, -0.25) is 0 Å². The Kier molecular flexibility index (Phi) is 4.06. The Labute approximate surface area is 140 Å². The number of halogens is 1. The Bertz CT molecular complexity index is 750. The fraction of sp³-hybridized carbons (Fsp3) is 0.412. The van der Waals surface area contributed by atoms with Gasteiger partial charge in [-0.2, -0.15) is 5.10 Å². The lowest BCUT2D eigenvalue weighted by Gasteiger charge is -2.13. The van der Waals surface area contributed by atoms with E-state index in [1.165, 1.54) is 0 Å². The molecule has 0 amide bonds. The molecule has 0 saturated heterocycles. The van der Waals surface area contributed by atoms with E-state index in [0.717, 1.165) is 24.2 Å². The summed E-state index contributed by atoms with van der Waals surface area (Å²) in [6.45, 7) is 4.27. The zero-order valence-corrected chi connectivity index (χ0v) is 14.2. The van der Waals surface area contributed by atoms with Gasteiger partial charge in [0.25, 0.3) is 0 Å². The third-order valence-corrected chi connectivity index (χ3v) is 4.49. The van der Waals surface area contributed by atoms with E-state index in [4.69, 9.17) is 21.1 Å². The fourth-order valence-corrected chi connectivity index (χ4v) is 2.80. The SMILES string of the molecule is CCOC(=O)c1cc(C2(C)CC2)n(-c2ccc(OC)c(Cl)c2)n1. The minimum Gasteiger partial charge on any atom is -0.495 e. The van der Waals surface area contributed by atoms with Gasteiger partial charge in [-0.1, -0.05) is 18.5 Å².